The van der Waals surface area contributed by atoms with Gasteiger partial charge in [-0.3, -0.25) is 4.79 Å². The van der Waals surface area contributed by atoms with E-state index < -0.39 is 5.97 Å². The Labute approximate surface area is 170 Å². The van der Waals surface area contributed by atoms with Crippen LogP contribution in [-0.4, -0.2) is 35.8 Å². The van der Waals surface area contributed by atoms with E-state index in [-0.39, 0.29) is 29.7 Å². The van der Waals surface area contributed by atoms with Crippen LogP contribution in [0.3, 0.4) is 0 Å². The molecule has 1 aromatic rings. The summed E-state index contributed by atoms with van der Waals surface area (Å²) in [6, 6.07) is 3.84. The van der Waals surface area contributed by atoms with Crippen LogP contribution >= 0.6 is 11.8 Å². The van der Waals surface area contributed by atoms with Crippen LogP contribution in [0.25, 0.3) is 0 Å². The maximum atomic E-state index is 12.6. The standard InChI is InChI=1S/C21H27N3O3S/c1-12-5-4-6-17(13(12)2)23-19(25)11-27-21(26)15-9-18(14-7-8-14)24-20(28-3)16(15)10-22/h9,12-14,17H,4-8,11H2,1-3H3,(H,23,25)/t12-,13+,17-/m1/s1. The molecule has 1 heterocycles. The van der Waals surface area contributed by atoms with Crippen molar-refractivity contribution in [3.63, 3.8) is 0 Å². The van der Waals surface area contributed by atoms with Gasteiger partial charge < -0.3 is 10.1 Å². The molecule has 150 valence electrons. The van der Waals surface area contributed by atoms with Gasteiger partial charge in [0.2, 0.25) is 0 Å². The van der Waals surface area contributed by atoms with E-state index in [1.165, 1.54) is 18.2 Å². The molecule has 2 aliphatic carbocycles. The lowest BCUT2D eigenvalue weighted by Crippen LogP contribution is -2.45. The predicted octanol–water partition coefficient (Wildman–Crippen LogP) is 3.65. The number of esters is 1. The van der Waals surface area contributed by atoms with E-state index in [1.54, 1.807) is 6.07 Å². The van der Waals surface area contributed by atoms with Gasteiger partial charge in [0.05, 0.1) is 11.1 Å². The zero-order chi connectivity index (χ0) is 20.3. The van der Waals surface area contributed by atoms with Crippen molar-refractivity contribution >= 4 is 23.6 Å². The average Bonchev–Trinajstić information content (AvgIpc) is 3.53. The molecule has 3 atom stereocenters. The van der Waals surface area contributed by atoms with E-state index in [2.05, 4.69) is 30.2 Å². The van der Waals surface area contributed by atoms with Gasteiger partial charge in [0.25, 0.3) is 5.91 Å². The second-order valence-electron chi connectivity index (χ2n) is 7.88. The summed E-state index contributed by atoms with van der Waals surface area (Å²) in [5.74, 6) is 0.394. The fraction of sp³-hybridized carbons (Fsp3) is 0.619. The molecule has 6 nitrogen and oxygen atoms in total. The SMILES string of the molecule is CSc1nc(C2CC2)cc(C(=O)OCC(=O)N[C@@H]2CCC[C@@H](C)[C@@H]2C)c1C#N. The summed E-state index contributed by atoms with van der Waals surface area (Å²) >= 11 is 1.34. The molecule has 2 saturated carbocycles. The van der Waals surface area contributed by atoms with E-state index in [1.807, 2.05) is 6.26 Å². The number of ether oxygens (including phenoxy) is 1. The predicted molar refractivity (Wildman–Crippen MR) is 107 cm³/mol. The first-order valence-corrected chi connectivity index (χ1v) is 11.1. The molecule has 2 fully saturated rings. The van der Waals surface area contributed by atoms with Gasteiger partial charge in [0.15, 0.2) is 6.61 Å². The number of hydrogen-bond acceptors (Lipinski definition) is 6. The van der Waals surface area contributed by atoms with E-state index in [0.717, 1.165) is 31.4 Å². The van der Waals surface area contributed by atoms with Crippen LogP contribution in [0.5, 0.6) is 0 Å². The average molecular weight is 402 g/mol. The molecule has 0 unspecified atom stereocenters. The highest BCUT2D eigenvalue weighted by Gasteiger charge is 2.30. The van der Waals surface area contributed by atoms with Gasteiger partial charge in [0, 0.05) is 17.7 Å². The van der Waals surface area contributed by atoms with Gasteiger partial charge in [-0.15, -0.1) is 11.8 Å². The minimum Gasteiger partial charge on any atom is -0.452 e. The Kier molecular flexibility index (Phi) is 6.61. The topological polar surface area (TPSA) is 92.1 Å². The second kappa shape index (κ2) is 8.95. The molecule has 2 aliphatic rings. The van der Waals surface area contributed by atoms with Crippen LogP contribution in [0.4, 0.5) is 0 Å². The molecule has 0 radical (unpaired) electrons. The van der Waals surface area contributed by atoms with Crippen molar-refractivity contribution in [1.29, 1.82) is 5.26 Å². The van der Waals surface area contributed by atoms with Crippen LogP contribution in [-0.2, 0) is 9.53 Å². The van der Waals surface area contributed by atoms with Crippen molar-refractivity contribution in [2.24, 2.45) is 11.8 Å². The van der Waals surface area contributed by atoms with E-state index in [4.69, 9.17) is 4.74 Å². The number of carbonyl (C=O) groups is 2. The molecule has 0 bridgehead atoms. The summed E-state index contributed by atoms with van der Waals surface area (Å²) < 4.78 is 5.25. The normalized spacial score (nSPS) is 24.3. The molecular formula is C21H27N3O3S. The largest absolute Gasteiger partial charge is 0.452 e. The summed E-state index contributed by atoms with van der Waals surface area (Å²) in [4.78, 5) is 29.4. The molecule has 1 N–H and O–H groups in total. The highest BCUT2D eigenvalue weighted by molar-refractivity contribution is 7.98. The first-order valence-electron chi connectivity index (χ1n) is 9.90. The van der Waals surface area contributed by atoms with Gasteiger partial charge in [-0.25, -0.2) is 9.78 Å². The number of aromatic nitrogens is 1. The van der Waals surface area contributed by atoms with Crippen molar-refractivity contribution < 1.29 is 14.3 Å². The van der Waals surface area contributed by atoms with Gasteiger partial charge in [-0.1, -0.05) is 26.7 Å². The lowest BCUT2D eigenvalue weighted by molar-refractivity contribution is -0.125. The molecule has 0 spiro atoms. The lowest BCUT2D eigenvalue weighted by Gasteiger charge is -2.34. The maximum Gasteiger partial charge on any atom is 0.340 e. The second-order valence-corrected chi connectivity index (χ2v) is 8.68. The Morgan fingerprint density at radius 2 is 2.07 bits per heavy atom. The van der Waals surface area contributed by atoms with Crippen LogP contribution in [0.15, 0.2) is 11.1 Å². The Bertz CT molecular complexity index is 801. The molecule has 0 aromatic carbocycles. The molecule has 28 heavy (non-hydrogen) atoms. The van der Waals surface area contributed by atoms with Gasteiger partial charge in [0.1, 0.15) is 11.1 Å². The van der Waals surface area contributed by atoms with Crippen LogP contribution in [0.2, 0.25) is 0 Å². The van der Waals surface area contributed by atoms with Crippen LogP contribution < -0.4 is 5.32 Å². The fourth-order valence-electron chi connectivity index (χ4n) is 3.79. The van der Waals surface area contributed by atoms with Gasteiger partial charge in [-0.2, -0.15) is 5.26 Å². The molecule has 0 aliphatic heterocycles. The molecule has 3 rings (SSSR count). The number of nitrogens with zero attached hydrogens (tertiary/aromatic N) is 2. The number of nitrogens with one attached hydrogen (secondary N) is 1. The Hall–Kier alpha value is -2.07. The van der Waals surface area contributed by atoms with Crippen LogP contribution in [0, 0.1) is 23.2 Å². The summed E-state index contributed by atoms with van der Waals surface area (Å²) in [7, 11) is 0. The third-order valence-electron chi connectivity index (χ3n) is 5.91. The molecular weight excluding hydrogens is 374 g/mol. The molecule has 1 aromatic heterocycles. The highest BCUT2D eigenvalue weighted by Crippen LogP contribution is 2.40. The summed E-state index contributed by atoms with van der Waals surface area (Å²) in [5.41, 5.74) is 1.25. The number of amides is 1. The third-order valence-corrected chi connectivity index (χ3v) is 6.60. The highest BCUT2D eigenvalue weighted by atomic mass is 32.2. The van der Waals surface area contributed by atoms with Crippen molar-refractivity contribution in [2.45, 2.75) is 62.9 Å². The van der Waals surface area contributed by atoms with E-state index >= 15 is 0 Å². The third kappa shape index (κ3) is 4.67. The Morgan fingerprint density at radius 3 is 2.71 bits per heavy atom. The Balaban J connectivity index is 1.65. The monoisotopic (exact) mass is 401 g/mol. The fourth-order valence-corrected chi connectivity index (χ4v) is 4.35. The minimum absolute atomic E-state index is 0.120. The van der Waals surface area contributed by atoms with Crippen molar-refractivity contribution in [3.05, 3.63) is 22.9 Å². The van der Waals surface area contributed by atoms with Crippen molar-refractivity contribution in [1.82, 2.24) is 10.3 Å². The lowest BCUT2D eigenvalue weighted by atomic mass is 9.78. The number of carbonyl (C=O) groups excluding carboxylic acids is 2. The number of nitriles is 1. The zero-order valence-electron chi connectivity index (χ0n) is 16.7. The van der Waals surface area contributed by atoms with E-state index in [0.29, 0.717) is 22.8 Å². The Morgan fingerprint density at radius 1 is 1.32 bits per heavy atom. The summed E-state index contributed by atoms with van der Waals surface area (Å²) in [5, 5.41) is 13.0. The summed E-state index contributed by atoms with van der Waals surface area (Å²) in [6.45, 7) is 4.02. The van der Waals surface area contributed by atoms with Crippen LogP contribution in [0.1, 0.15) is 73.5 Å². The molecule has 1 amide bonds. The smallest absolute Gasteiger partial charge is 0.340 e. The molecule has 0 saturated heterocycles. The first-order chi connectivity index (χ1) is 13.4. The number of pyridine rings is 1. The molecule has 7 heteroatoms. The van der Waals surface area contributed by atoms with Gasteiger partial charge >= 0.3 is 5.97 Å². The first kappa shape index (κ1) is 20.7. The number of hydrogen-bond donors (Lipinski definition) is 1. The maximum absolute atomic E-state index is 12.6. The quantitative estimate of drug-likeness (QED) is 0.578. The zero-order valence-corrected chi connectivity index (χ0v) is 17.5. The van der Waals surface area contributed by atoms with Crippen molar-refractivity contribution in [2.75, 3.05) is 12.9 Å². The van der Waals surface area contributed by atoms with E-state index in [9.17, 15) is 14.9 Å². The van der Waals surface area contributed by atoms with Crippen molar-refractivity contribution in [3.8, 4) is 6.07 Å². The van der Waals surface area contributed by atoms with Gasteiger partial charge in [-0.05, 0) is 43.4 Å². The number of rotatable bonds is 6. The summed E-state index contributed by atoms with van der Waals surface area (Å²) in [6.07, 6.45) is 7.15. The minimum atomic E-state index is -0.642. The number of thioether (sulfide) groups is 1.